The Morgan fingerprint density at radius 2 is 1.54 bits per heavy atom. The molecule has 0 aliphatic heterocycles. The first-order valence-corrected chi connectivity index (χ1v) is 9.16. The Morgan fingerprint density at radius 1 is 0.964 bits per heavy atom. The molecule has 0 aromatic heterocycles. The molecule has 2 aromatic carbocycles. The zero-order chi connectivity index (χ0) is 18.8. The largest absolute Gasteiger partial charge is 0.492 e. The predicted octanol–water partition coefficient (Wildman–Crippen LogP) is 3.69. The second-order valence-corrected chi connectivity index (χ2v) is 6.21. The van der Waals surface area contributed by atoms with E-state index >= 15 is 0 Å². The second kappa shape index (κ2) is 14.1. The minimum atomic E-state index is -0.00526. The maximum atomic E-state index is 12.0. The van der Waals surface area contributed by atoms with Gasteiger partial charge in [-0.1, -0.05) is 38.1 Å². The molecule has 0 atom stereocenters. The number of amides is 1. The van der Waals surface area contributed by atoms with E-state index in [2.05, 4.69) is 24.1 Å². The molecule has 0 radical (unpaired) electrons. The highest BCUT2D eigenvalue weighted by atomic mass is 35.5. The number of likely N-dealkylation sites (N-methyl/N-ethyl adjacent to an activating group) is 1. The molecule has 0 bridgehead atoms. The fraction of sp³-hybridized carbons (Fsp3) is 0.381. The van der Waals surface area contributed by atoms with Crippen LogP contribution >= 0.6 is 24.8 Å². The molecule has 0 saturated heterocycles. The highest BCUT2D eigenvalue weighted by Crippen LogP contribution is 2.12. The Bertz CT molecular complexity index is 675. The summed E-state index contributed by atoms with van der Waals surface area (Å²) in [5, 5.41) is 2.94. The lowest BCUT2D eigenvalue weighted by Crippen LogP contribution is -2.27. The van der Waals surface area contributed by atoms with Gasteiger partial charge in [-0.3, -0.25) is 4.79 Å². The van der Waals surface area contributed by atoms with Crippen LogP contribution in [-0.2, 0) is 17.8 Å². The molecule has 2 rings (SSSR count). The Kier molecular flexibility index (Phi) is 13.1. The summed E-state index contributed by atoms with van der Waals surface area (Å²) >= 11 is 0. The van der Waals surface area contributed by atoms with E-state index in [1.165, 1.54) is 0 Å². The number of ether oxygens (including phenoxy) is 1. The van der Waals surface area contributed by atoms with Crippen molar-refractivity contribution in [2.24, 2.45) is 0 Å². The number of nitrogens with one attached hydrogen (secondary N) is 1. The number of benzene rings is 2. The molecule has 0 aliphatic rings. The Labute approximate surface area is 180 Å². The first kappa shape index (κ1) is 26.1. The van der Waals surface area contributed by atoms with Gasteiger partial charge in [-0.15, -0.1) is 24.8 Å². The molecule has 3 N–H and O–H groups in total. The Morgan fingerprint density at radius 3 is 2.11 bits per heavy atom. The molecule has 0 saturated carbocycles. The molecule has 5 nitrogen and oxygen atoms in total. The van der Waals surface area contributed by atoms with Gasteiger partial charge in [0.15, 0.2) is 0 Å². The average molecular weight is 428 g/mol. The molecule has 1 amide bonds. The lowest BCUT2D eigenvalue weighted by Gasteiger charge is -2.18. The van der Waals surface area contributed by atoms with E-state index in [4.69, 9.17) is 10.5 Å². The van der Waals surface area contributed by atoms with Gasteiger partial charge in [0.05, 0.1) is 6.42 Å². The lowest BCUT2D eigenvalue weighted by molar-refractivity contribution is -0.120. The zero-order valence-electron chi connectivity index (χ0n) is 16.5. The van der Waals surface area contributed by atoms with Gasteiger partial charge in [-0.2, -0.15) is 0 Å². The van der Waals surface area contributed by atoms with Gasteiger partial charge in [0.25, 0.3) is 0 Å². The zero-order valence-corrected chi connectivity index (χ0v) is 18.2. The van der Waals surface area contributed by atoms with Gasteiger partial charge < -0.3 is 20.7 Å². The fourth-order valence-electron chi connectivity index (χ4n) is 2.62. The van der Waals surface area contributed by atoms with Crippen molar-refractivity contribution in [3.05, 3.63) is 59.7 Å². The Hall–Kier alpha value is -1.95. The molecule has 0 unspecified atom stereocenters. The van der Waals surface area contributed by atoms with Crippen molar-refractivity contribution in [3.63, 3.8) is 0 Å². The summed E-state index contributed by atoms with van der Waals surface area (Å²) in [6.45, 7) is 8.49. The SMILES string of the molecule is CCN(CC)CCOc1ccc(CNC(=O)Cc2ccc(N)cc2)cc1.Cl.Cl. The van der Waals surface area contributed by atoms with Gasteiger partial charge in [-0.25, -0.2) is 0 Å². The van der Waals surface area contributed by atoms with E-state index in [0.29, 0.717) is 25.3 Å². The van der Waals surface area contributed by atoms with Crippen LogP contribution in [0.25, 0.3) is 0 Å². The number of rotatable bonds is 10. The van der Waals surface area contributed by atoms with Crippen LogP contribution in [0.4, 0.5) is 5.69 Å². The number of anilines is 1. The average Bonchev–Trinajstić information content (AvgIpc) is 2.66. The summed E-state index contributed by atoms with van der Waals surface area (Å²) in [6, 6.07) is 15.2. The van der Waals surface area contributed by atoms with E-state index in [1.54, 1.807) is 0 Å². The van der Waals surface area contributed by atoms with Crippen LogP contribution in [0.1, 0.15) is 25.0 Å². The number of halogens is 2. The van der Waals surface area contributed by atoms with Crippen LogP contribution in [0.2, 0.25) is 0 Å². The second-order valence-electron chi connectivity index (χ2n) is 6.21. The van der Waals surface area contributed by atoms with Crippen LogP contribution in [-0.4, -0.2) is 37.0 Å². The molecular weight excluding hydrogens is 397 g/mol. The molecule has 156 valence electrons. The van der Waals surface area contributed by atoms with E-state index in [1.807, 2.05) is 48.5 Å². The topological polar surface area (TPSA) is 67.6 Å². The monoisotopic (exact) mass is 427 g/mol. The van der Waals surface area contributed by atoms with Crippen molar-refractivity contribution < 1.29 is 9.53 Å². The van der Waals surface area contributed by atoms with Gasteiger partial charge >= 0.3 is 0 Å². The van der Waals surface area contributed by atoms with Crippen molar-refractivity contribution in [2.45, 2.75) is 26.8 Å². The van der Waals surface area contributed by atoms with Crippen LogP contribution in [0.3, 0.4) is 0 Å². The fourth-order valence-corrected chi connectivity index (χ4v) is 2.62. The highest BCUT2D eigenvalue weighted by molar-refractivity contribution is 5.85. The van der Waals surface area contributed by atoms with Gasteiger partial charge in [0.2, 0.25) is 5.91 Å². The van der Waals surface area contributed by atoms with Crippen LogP contribution in [0, 0.1) is 0 Å². The number of nitrogen functional groups attached to an aromatic ring is 1. The molecule has 0 spiro atoms. The summed E-state index contributed by atoms with van der Waals surface area (Å²) in [5.74, 6) is 0.850. The highest BCUT2D eigenvalue weighted by Gasteiger charge is 2.04. The van der Waals surface area contributed by atoms with Crippen molar-refractivity contribution in [1.82, 2.24) is 10.2 Å². The number of hydrogen-bond acceptors (Lipinski definition) is 4. The predicted molar refractivity (Wildman–Crippen MR) is 121 cm³/mol. The van der Waals surface area contributed by atoms with Crippen molar-refractivity contribution in [1.29, 1.82) is 0 Å². The maximum Gasteiger partial charge on any atom is 0.224 e. The summed E-state index contributed by atoms with van der Waals surface area (Å²) in [4.78, 5) is 14.4. The van der Waals surface area contributed by atoms with Crippen LogP contribution < -0.4 is 15.8 Å². The molecule has 28 heavy (non-hydrogen) atoms. The standard InChI is InChI=1S/C21H29N3O2.2ClH/c1-3-24(4-2)13-14-26-20-11-7-18(8-12-20)16-23-21(25)15-17-5-9-19(22)10-6-17;;/h5-12H,3-4,13-16,22H2,1-2H3,(H,23,25);2*1H. The van der Waals surface area contributed by atoms with E-state index in [0.717, 1.165) is 36.5 Å². The van der Waals surface area contributed by atoms with E-state index in [-0.39, 0.29) is 30.7 Å². The molecule has 7 heteroatoms. The normalized spacial score (nSPS) is 9.96. The third-order valence-electron chi connectivity index (χ3n) is 4.33. The molecule has 0 heterocycles. The van der Waals surface area contributed by atoms with E-state index in [9.17, 15) is 4.79 Å². The van der Waals surface area contributed by atoms with E-state index < -0.39 is 0 Å². The van der Waals surface area contributed by atoms with Crippen molar-refractivity contribution >= 4 is 36.4 Å². The first-order chi connectivity index (χ1) is 12.6. The lowest BCUT2D eigenvalue weighted by atomic mass is 10.1. The summed E-state index contributed by atoms with van der Waals surface area (Å²) in [7, 11) is 0. The molecular formula is C21H31Cl2N3O2. The van der Waals surface area contributed by atoms with Crippen molar-refractivity contribution in [2.75, 3.05) is 32.0 Å². The minimum Gasteiger partial charge on any atom is -0.492 e. The first-order valence-electron chi connectivity index (χ1n) is 9.16. The number of carbonyl (C=O) groups excluding carboxylic acids is 1. The number of carbonyl (C=O) groups is 1. The Balaban J connectivity index is 0.00000364. The molecule has 0 aliphatic carbocycles. The third-order valence-corrected chi connectivity index (χ3v) is 4.33. The number of hydrogen-bond donors (Lipinski definition) is 2. The summed E-state index contributed by atoms with van der Waals surface area (Å²) < 4.78 is 5.77. The minimum absolute atomic E-state index is 0. The van der Waals surface area contributed by atoms with Crippen LogP contribution in [0.15, 0.2) is 48.5 Å². The van der Waals surface area contributed by atoms with Gasteiger partial charge in [0.1, 0.15) is 12.4 Å². The van der Waals surface area contributed by atoms with Gasteiger partial charge in [-0.05, 0) is 48.5 Å². The van der Waals surface area contributed by atoms with Gasteiger partial charge in [0, 0.05) is 18.8 Å². The molecule has 0 fully saturated rings. The summed E-state index contributed by atoms with van der Waals surface area (Å²) in [5.41, 5.74) is 8.35. The smallest absolute Gasteiger partial charge is 0.224 e. The molecule has 2 aromatic rings. The summed E-state index contributed by atoms with van der Waals surface area (Å²) in [6.07, 6.45) is 0.354. The number of nitrogens with zero attached hydrogens (tertiary/aromatic N) is 1. The van der Waals surface area contributed by atoms with Crippen LogP contribution in [0.5, 0.6) is 5.75 Å². The van der Waals surface area contributed by atoms with Crippen molar-refractivity contribution in [3.8, 4) is 5.75 Å². The maximum absolute atomic E-state index is 12.0. The quantitative estimate of drug-likeness (QED) is 0.567. The third kappa shape index (κ3) is 9.31. The number of nitrogens with two attached hydrogens (primary N) is 1.